The Morgan fingerprint density at radius 1 is 0.840 bits per heavy atom. The number of fused-ring (bicyclic) bond motifs is 1. The molecule has 1 heterocycles. The van der Waals surface area contributed by atoms with E-state index in [4.69, 9.17) is 9.47 Å². The second-order valence-electron chi connectivity index (χ2n) is 14.4. The third-order valence-corrected chi connectivity index (χ3v) is 9.81. The number of ether oxygens (including phenoxy) is 2. The Balaban J connectivity index is 1.24. The van der Waals surface area contributed by atoms with Gasteiger partial charge in [-0.3, -0.25) is 19.2 Å². The number of methoxy groups -OCH3 is 1. The van der Waals surface area contributed by atoms with E-state index < -0.39 is 11.0 Å². The molecule has 2 aliphatic rings. The van der Waals surface area contributed by atoms with E-state index in [-0.39, 0.29) is 35.7 Å². The number of rotatable bonds is 12. The summed E-state index contributed by atoms with van der Waals surface area (Å²) in [7, 11) is 1.55. The normalized spacial score (nSPS) is 19.2. The molecule has 1 aliphatic carbocycles. The number of hydrogen-bond acceptors (Lipinski definition) is 6. The first kappa shape index (κ1) is 36.6. The van der Waals surface area contributed by atoms with Gasteiger partial charge in [-0.25, -0.2) is 0 Å². The van der Waals surface area contributed by atoms with E-state index in [1.807, 2.05) is 92.4 Å². The molecule has 50 heavy (non-hydrogen) atoms. The van der Waals surface area contributed by atoms with E-state index in [0.717, 1.165) is 29.5 Å². The van der Waals surface area contributed by atoms with Gasteiger partial charge >= 0.3 is 5.97 Å². The van der Waals surface area contributed by atoms with Crippen LogP contribution in [0, 0.1) is 0 Å². The van der Waals surface area contributed by atoms with Crippen LogP contribution in [0.25, 0.3) is 0 Å². The minimum atomic E-state index is -0.930. The molecule has 9 heteroatoms. The van der Waals surface area contributed by atoms with Crippen LogP contribution in [0.15, 0.2) is 78.9 Å². The summed E-state index contributed by atoms with van der Waals surface area (Å²) < 4.78 is 10.8. The lowest BCUT2D eigenvalue weighted by atomic mass is 9.62. The van der Waals surface area contributed by atoms with Crippen molar-refractivity contribution < 1.29 is 28.7 Å². The molecule has 266 valence electrons. The number of benzene rings is 3. The number of esters is 1. The molecule has 0 radical (unpaired) electrons. The number of carbonyl (C=O) groups excluding carboxylic acids is 4. The van der Waals surface area contributed by atoms with Crippen LogP contribution in [0.5, 0.6) is 5.75 Å². The van der Waals surface area contributed by atoms with Crippen LogP contribution in [0.4, 0.5) is 0 Å². The maximum atomic E-state index is 14.3. The van der Waals surface area contributed by atoms with Crippen molar-refractivity contribution in [2.45, 2.75) is 95.1 Å². The summed E-state index contributed by atoms with van der Waals surface area (Å²) in [6, 6.07) is 24.9. The first-order valence-electron chi connectivity index (χ1n) is 17.9. The Hall–Kier alpha value is -4.66. The second-order valence-corrected chi connectivity index (χ2v) is 14.4. The first-order chi connectivity index (χ1) is 24.0. The molecule has 3 aromatic carbocycles. The first-order valence-corrected chi connectivity index (χ1v) is 17.9. The zero-order chi connectivity index (χ0) is 35.7. The van der Waals surface area contributed by atoms with Crippen molar-refractivity contribution in [2.75, 3.05) is 26.7 Å². The van der Waals surface area contributed by atoms with Crippen LogP contribution in [0.2, 0.25) is 0 Å². The lowest BCUT2D eigenvalue weighted by Gasteiger charge is -2.42. The van der Waals surface area contributed by atoms with E-state index in [2.05, 4.69) is 10.6 Å². The fraction of sp³-hybridized carbons (Fsp3) is 0.463. The van der Waals surface area contributed by atoms with Crippen molar-refractivity contribution in [1.29, 1.82) is 0 Å². The minimum Gasteiger partial charge on any atom is -0.496 e. The molecule has 5 rings (SSSR count). The van der Waals surface area contributed by atoms with E-state index in [0.29, 0.717) is 69.5 Å². The number of unbranched alkanes of at least 4 members (excludes halogenated alkanes) is 2. The zero-order valence-corrected chi connectivity index (χ0v) is 29.8. The Morgan fingerprint density at radius 2 is 1.52 bits per heavy atom. The molecule has 3 amide bonds. The van der Waals surface area contributed by atoms with Crippen LogP contribution in [-0.2, 0) is 24.5 Å². The Bertz CT molecular complexity index is 1640. The van der Waals surface area contributed by atoms with Crippen molar-refractivity contribution in [3.63, 3.8) is 0 Å². The quantitative estimate of drug-likeness (QED) is 0.172. The summed E-state index contributed by atoms with van der Waals surface area (Å²) >= 11 is 0. The summed E-state index contributed by atoms with van der Waals surface area (Å²) in [6.45, 7) is 7.18. The van der Waals surface area contributed by atoms with Crippen LogP contribution in [0.1, 0.15) is 105 Å². The molecule has 0 aromatic heterocycles. The van der Waals surface area contributed by atoms with Gasteiger partial charge in [-0.2, -0.15) is 0 Å². The summed E-state index contributed by atoms with van der Waals surface area (Å²) in [5.41, 5.74) is 1.75. The van der Waals surface area contributed by atoms with Gasteiger partial charge in [0.25, 0.3) is 5.91 Å². The number of amides is 3. The van der Waals surface area contributed by atoms with Crippen molar-refractivity contribution in [2.24, 2.45) is 0 Å². The van der Waals surface area contributed by atoms with Crippen LogP contribution < -0.4 is 15.4 Å². The lowest BCUT2D eigenvalue weighted by molar-refractivity contribution is -0.155. The highest BCUT2D eigenvalue weighted by molar-refractivity contribution is 5.97. The SMILES string of the molecule is COc1ccccc1C(=O)NC1CCN(C(=O)[C@H]2CC[C@@](C(=O)NCCCCCC(=O)OC(C)(C)C)(c3ccccc3)c3ccccc32)CC1. The summed E-state index contributed by atoms with van der Waals surface area (Å²) in [6.07, 6.45) is 4.97. The van der Waals surface area contributed by atoms with Crippen LogP contribution >= 0.6 is 0 Å². The highest BCUT2D eigenvalue weighted by Gasteiger charge is 2.48. The molecular weight excluding hydrogens is 630 g/mol. The van der Waals surface area contributed by atoms with Crippen molar-refractivity contribution in [3.8, 4) is 5.75 Å². The van der Waals surface area contributed by atoms with Crippen molar-refractivity contribution in [1.82, 2.24) is 15.5 Å². The van der Waals surface area contributed by atoms with E-state index >= 15 is 0 Å². The third kappa shape index (κ3) is 8.55. The summed E-state index contributed by atoms with van der Waals surface area (Å²) in [4.78, 5) is 55.4. The largest absolute Gasteiger partial charge is 0.496 e. The zero-order valence-electron chi connectivity index (χ0n) is 29.8. The number of nitrogens with one attached hydrogen (secondary N) is 2. The molecule has 0 bridgehead atoms. The van der Waals surface area contributed by atoms with Gasteiger partial charge < -0.3 is 25.0 Å². The number of piperidine rings is 1. The number of likely N-dealkylation sites (tertiary alicyclic amines) is 1. The Labute approximate surface area is 296 Å². The topological polar surface area (TPSA) is 114 Å². The van der Waals surface area contributed by atoms with Gasteiger partial charge in [0.2, 0.25) is 11.8 Å². The van der Waals surface area contributed by atoms with Gasteiger partial charge in [0.1, 0.15) is 11.4 Å². The summed E-state index contributed by atoms with van der Waals surface area (Å²) in [5.74, 6) is -0.204. The fourth-order valence-corrected chi connectivity index (χ4v) is 7.36. The number of nitrogens with zero attached hydrogens (tertiary/aromatic N) is 1. The van der Waals surface area contributed by atoms with E-state index in [1.54, 1.807) is 19.2 Å². The highest BCUT2D eigenvalue weighted by atomic mass is 16.6. The number of carbonyl (C=O) groups is 4. The Kier molecular flexibility index (Phi) is 12.0. The summed E-state index contributed by atoms with van der Waals surface area (Å²) in [5, 5.41) is 6.34. The van der Waals surface area contributed by atoms with Crippen LogP contribution in [0.3, 0.4) is 0 Å². The molecule has 2 N–H and O–H groups in total. The molecule has 0 saturated carbocycles. The molecule has 0 spiro atoms. The molecule has 1 fully saturated rings. The Morgan fingerprint density at radius 3 is 2.24 bits per heavy atom. The smallest absolute Gasteiger partial charge is 0.306 e. The van der Waals surface area contributed by atoms with Crippen molar-refractivity contribution in [3.05, 3.63) is 101 Å². The number of para-hydroxylation sites is 1. The monoisotopic (exact) mass is 681 g/mol. The predicted molar refractivity (Wildman–Crippen MR) is 193 cm³/mol. The molecule has 0 unspecified atom stereocenters. The molecule has 2 atom stereocenters. The molecule has 1 aliphatic heterocycles. The van der Waals surface area contributed by atoms with Crippen molar-refractivity contribution >= 4 is 23.7 Å². The van der Waals surface area contributed by atoms with Crippen LogP contribution in [-0.4, -0.2) is 67.0 Å². The minimum absolute atomic E-state index is 0.0400. The fourth-order valence-electron chi connectivity index (χ4n) is 7.36. The molecule has 1 saturated heterocycles. The van der Waals surface area contributed by atoms with Gasteiger partial charge in [-0.15, -0.1) is 0 Å². The molecular formula is C41H51N3O6. The highest BCUT2D eigenvalue weighted by Crippen LogP contribution is 2.48. The van der Waals surface area contributed by atoms with Gasteiger partial charge in [-0.05, 0) is 88.1 Å². The van der Waals surface area contributed by atoms with Gasteiger partial charge in [0.05, 0.1) is 24.0 Å². The van der Waals surface area contributed by atoms with Gasteiger partial charge in [-0.1, -0.05) is 73.2 Å². The van der Waals surface area contributed by atoms with E-state index in [9.17, 15) is 19.2 Å². The van der Waals surface area contributed by atoms with E-state index in [1.165, 1.54) is 0 Å². The second kappa shape index (κ2) is 16.4. The third-order valence-electron chi connectivity index (χ3n) is 9.81. The average molecular weight is 682 g/mol. The maximum Gasteiger partial charge on any atom is 0.306 e. The predicted octanol–water partition coefficient (Wildman–Crippen LogP) is 6.30. The molecule has 3 aromatic rings. The van der Waals surface area contributed by atoms with Gasteiger partial charge in [0, 0.05) is 32.1 Å². The van der Waals surface area contributed by atoms with Gasteiger partial charge in [0.15, 0.2) is 0 Å². The number of hydrogen-bond donors (Lipinski definition) is 2. The molecule has 9 nitrogen and oxygen atoms in total. The standard InChI is InChI=1S/C41H51N3O6/c1-40(2,3)50-36(45)21-9-6-14-26-42-39(48)41(29-15-7-5-8-16-29)25-22-32(31-17-10-12-19-34(31)41)38(47)44-27-23-30(24-28-44)43-37(46)33-18-11-13-20-35(33)49-4/h5,7-8,10-13,15-20,30,32H,6,9,14,21-28H2,1-4H3,(H,42,48)(H,43,46)/t32-,41+/m0/s1. The lowest BCUT2D eigenvalue weighted by Crippen LogP contribution is -2.51. The maximum absolute atomic E-state index is 14.3. The average Bonchev–Trinajstić information content (AvgIpc) is 3.12.